The van der Waals surface area contributed by atoms with E-state index in [1.165, 1.54) is 12.1 Å². The van der Waals surface area contributed by atoms with Gasteiger partial charge in [0.1, 0.15) is 5.82 Å². The van der Waals surface area contributed by atoms with Gasteiger partial charge in [0.25, 0.3) is 5.91 Å². The second-order valence-corrected chi connectivity index (χ2v) is 5.99. The number of amides is 1. The Hall–Kier alpha value is -1.39. The molecule has 2 aromatic carbocycles. The maximum Gasteiger partial charge on any atom is 0.258 e. The first kappa shape index (κ1) is 13.6. The minimum absolute atomic E-state index is 0.169. The molecular formula is C15H10BrClFNO. The molecule has 0 saturated heterocycles. The summed E-state index contributed by atoms with van der Waals surface area (Å²) in [6, 6.07) is 9.60. The minimum atomic E-state index is -0.337. The highest BCUT2D eigenvalue weighted by Gasteiger charge is 2.26. The molecule has 1 heterocycles. The Morgan fingerprint density at radius 1 is 1.25 bits per heavy atom. The Morgan fingerprint density at radius 2 is 2.05 bits per heavy atom. The van der Waals surface area contributed by atoms with Crippen molar-refractivity contribution < 1.29 is 9.18 Å². The van der Waals surface area contributed by atoms with Gasteiger partial charge in [0.2, 0.25) is 0 Å². The molecule has 5 heteroatoms. The number of anilines is 1. The molecular weight excluding hydrogens is 345 g/mol. The van der Waals surface area contributed by atoms with Crippen molar-refractivity contribution in [1.82, 2.24) is 0 Å². The van der Waals surface area contributed by atoms with Crippen LogP contribution in [0.3, 0.4) is 0 Å². The number of hydrogen-bond donors (Lipinski definition) is 0. The fourth-order valence-electron chi connectivity index (χ4n) is 2.40. The van der Waals surface area contributed by atoms with Crippen LogP contribution in [0.5, 0.6) is 0 Å². The Labute approximate surface area is 129 Å². The highest BCUT2D eigenvalue weighted by molar-refractivity contribution is 9.10. The fraction of sp³-hybridized carbons (Fsp3) is 0.133. The van der Waals surface area contributed by atoms with Crippen LogP contribution in [0.25, 0.3) is 0 Å². The van der Waals surface area contributed by atoms with E-state index in [4.69, 9.17) is 11.6 Å². The van der Waals surface area contributed by atoms with Crippen molar-refractivity contribution in [1.29, 1.82) is 0 Å². The van der Waals surface area contributed by atoms with Gasteiger partial charge in [-0.2, -0.15) is 0 Å². The molecule has 0 aliphatic carbocycles. The summed E-state index contributed by atoms with van der Waals surface area (Å²) in [6.07, 6.45) is 0.739. The minimum Gasteiger partial charge on any atom is -0.308 e. The predicted octanol–water partition coefficient (Wildman–Crippen LogP) is 4.44. The first-order valence-corrected chi connectivity index (χ1v) is 7.28. The van der Waals surface area contributed by atoms with E-state index in [-0.39, 0.29) is 11.7 Å². The predicted molar refractivity (Wildman–Crippen MR) is 80.9 cm³/mol. The molecule has 0 aromatic heterocycles. The lowest BCUT2D eigenvalue weighted by molar-refractivity contribution is 0.0989. The number of carbonyl (C=O) groups excluding carboxylic acids is 1. The van der Waals surface area contributed by atoms with E-state index < -0.39 is 0 Å². The number of fused-ring (bicyclic) bond motifs is 1. The van der Waals surface area contributed by atoms with Gasteiger partial charge in [-0.25, -0.2) is 4.39 Å². The van der Waals surface area contributed by atoms with Gasteiger partial charge in [0.05, 0.1) is 5.69 Å². The van der Waals surface area contributed by atoms with Crippen LogP contribution in [-0.2, 0) is 6.42 Å². The van der Waals surface area contributed by atoms with Crippen molar-refractivity contribution in [2.45, 2.75) is 6.42 Å². The number of nitrogens with zero attached hydrogens (tertiary/aromatic N) is 1. The van der Waals surface area contributed by atoms with Crippen molar-refractivity contribution >= 4 is 39.1 Å². The van der Waals surface area contributed by atoms with Crippen LogP contribution in [0.15, 0.2) is 40.9 Å². The van der Waals surface area contributed by atoms with E-state index in [0.29, 0.717) is 22.8 Å². The summed E-state index contributed by atoms with van der Waals surface area (Å²) in [5.74, 6) is -0.506. The van der Waals surface area contributed by atoms with Gasteiger partial charge < -0.3 is 4.90 Å². The Bertz CT molecular complexity index is 684. The summed E-state index contributed by atoms with van der Waals surface area (Å²) in [5, 5.41) is 0.487. The van der Waals surface area contributed by atoms with Gasteiger partial charge in [-0.15, -0.1) is 0 Å². The molecule has 0 bridgehead atoms. The van der Waals surface area contributed by atoms with Crippen molar-refractivity contribution in [2.24, 2.45) is 0 Å². The number of hydrogen-bond acceptors (Lipinski definition) is 1. The summed E-state index contributed by atoms with van der Waals surface area (Å²) in [6.45, 7) is 0.557. The number of halogens is 3. The largest absolute Gasteiger partial charge is 0.308 e. The number of rotatable bonds is 1. The first-order chi connectivity index (χ1) is 9.54. The third-order valence-electron chi connectivity index (χ3n) is 3.30. The maximum absolute atomic E-state index is 13.4. The van der Waals surface area contributed by atoms with Crippen molar-refractivity contribution in [3.05, 3.63) is 62.8 Å². The van der Waals surface area contributed by atoms with E-state index in [0.717, 1.165) is 16.5 Å². The quantitative estimate of drug-likeness (QED) is 0.741. The van der Waals surface area contributed by atoms with E-state index in [2.05, 4.69) is 15.9 Å². The smallest absolute Gasteiger partial charge is 0.258 e. The Kier molecular flexibility index (Phi) is 3.52. The van der Waals surface area contributed by atoms with Gasteiger partial charge in [-0.1, -0.05) is 33.6 Å². The average Bonchev–Trinajstić information content (AvgIpc) is 2.79. The monoisotopic (exact) mass is 353 g/mol. The Balaban J connectivity index is 1.99. The second kappa shape index (κ2) is 5.19. The average molecular weight is 355 g/mol. The molecule has 0 unspecified atom stereocenters. The summed E-state index contributed by atoms with van der Waals surface area (Å²) >= 11 is 9.28. The van der Waals surface area contributed by atoms with Crippen LogP contribution in [0.2, 0.25) is 5.02 Å². The van der Waals surface area contributed by atoms with Crippen molar-refractivity contribution in [3.63, 3.8) is 0 Å². The third kappa shape index (κ3) is 2.45. The zero-order chi connectivity index (χ0) is 14.3. The van der Waals surface area contributed by atoms with Gasteiger partial charge in [-0.3, -0.25) is 4.79 Å². The lowest BCUT2D eigenvalue weighted by Gasteiger charge is -2.17. The van der Waals surface area contributed by atoms with Gasteiger partial charge in [0.15, 0.2) is 0 Å². The zero-order valence-electron chi connectivity index (χ0n) is 10.4. The van der Waals surface area contributed by atoms with Crippen LogP contribution < -0.4 is 4.90 Å². The molecule has 1 aliphatic rings. The standard InChI is InChI=1S/C15H10BrClFNO/c16-11-5-10(6-12(17)7-11)15(20)19-4-3-9-1-2-13(18)8-14(9)19/h1-2,5-8H,3-4H2. The van der Waals surface area contributed by atoms with Crippen LogP contribution in [0, 0.1) is 5.82 Å². The highest BCUT2D eigenvalue weighted by atomic mass is 79.9. The second-order valence-electron chi connectivity index (χ2n) is 4.64. The number of carbonyl (C=O) groups is 1. The molecule has 0 spiro atoms. The van der Waals surface area contributed by atoms with Gasteiger partial charge >= 0.3 is 0 Å². The summed E-state index contributed by atoms with van der Waals surface area (Å²) in [7, 11) is 0. The van der Waals surface area contributed by atoms with E-state index >= 15 is 0 Å². The highest BCUT2D eigenvalue weighted by Crippen LogP contribution is 2.31. The summed E-state index contributed by atoms with van der Waals surface area (Å²) in [5.41, 5.74) is 2.12. The molecule has 1 amide bonds. The topological polar surface area (TPSA) is 20.3 Å². The first-order valence-electron chi connectivity index (χ1n) is 6.11. The SMILES string of the molecule is O=C(c1cc(Cl)cc(Br)c1)N1CCc2ccc(F)cc21. The summed E-state index contributed by atoms with van der Waals surface area (Å²) < 4.78 is 14.1. The molecule has 1 aliphatic heterocycles. The fourth-order valence-corrected chi connectivity index (χ4v) is 3.26. The molecule has 2 aromatic rings. The van der Waals surface area contributed by atoms with Gasteiger partial charge in [-0.05, 0) is 42.3 Å². The lowest BCUT2D eigenvalue weighted by Crippen LogP contribution is -2.28. The molecule has 0 saturated carbocycles. The van der Waals surface area contributed by atoms with Crippen LogP contribution in [0.1, 0.15) is 15.9 Å². The molecule has 0 atom stereocenters. The third-order valence-corrected chi connectivity index (χ3v) is 3.97. The zero-order valence-corrected chi connectivity index (χ0v) is 12.7. The van der Waals surface area contributed by atoms with Crippen molar-refractivity contribution in [3.8, 4) is 0 Å². The lowest BCUT2D eigenvalue weighted by atomic mass is 10.1. The van der Waals surface area contributed by atoms with E-state index in [1.807, 2.05) is 0 Å². The molecule has 0 N–H and O–H groups in total. The van der Waals surface area contributed by atoms with Crippen LogP contribution in [-0.4, -0.2) is 12.5 Å². The van der Waals surface area contributed by atoms with Crippen LogP contribution in [0.4, 0.5) is 10.1 Å². The maximum atomic E-state index is 13.4. The normalized spacial score (nSPS) is 13.4. The molecule has 102 valence electrons. The number of benzene rings is 2. The molecule has 0 radical (unpaired) electrons. The van der Waals surface area contributed by atoms with E-state index in [1.54, 1.807) is 29.2 Å². The molecule has 20 heavy (non-hydrogen) atoms. The van der Waals surface area contributed by atoms with Crippen LogP contribution >= 0.6 is 27.5 Å². The van der Waals surface area contributed by atoms with Crippen molar-refractivity contribution in [2.75, 3.05) is 11.4 Å². The molecule has 0 fully saturated rings. The summed E-state index contributed by atoms with van der Waals surface area (Å²) in [4.78, 5) is 14.1. The molecule has 2 nitrogen and oxygen atoms in total. The van der Waals surface area contributed by atoms with E-state index in [9.17, 15) is 9.18 Å². The molecule has 3 rings (SSSR count). The van der Waals surface area contributed by atoms with Gasteiger partial charge in [0, 0.05) is 21.6 Å². The Morgan fingerprint density at radius 3 is 2.80 bits per heavy atom.